The van der Waals surface area contributed by atoms with Gasteiger partial charge in [0.25, 0.3) is 5.79 Å². The summed E-state index contributed by atoms with van der Waals surface area (Å²) in [6, 6.07) is 1.78. The van der Waals surface area contributed by atoms with Gasteiger partial charge in [-0.2, -0.15) is 0 Å². The maximum Gasteiger partial charge on any atom is 0.407 e. The van der Waals surface area contributed by atoms with Crippen LogP contribution in [0.5, 0.6) is 11.5 Å². The lowest BCUT2D eigenvalue weighted by atomic mass is 9.81. The third kappa shape index (κ3) is 4.68. The number of fused-ring (bicyclic) bond motifs is 1. The number of methoxy groups -OCH3 is 1. The molecule has 1 atom stereocenters. The second-order valence-corrected chi connectivity index (χ2v) is 9.95. The minimum Gasteiger partial charge on any atom is -0.465 e. The van der Waals surface area contributed by atoms with Crippen molar-refractivity contribution in [2.75, 3.05) is 7.11 Å². The summed E-state index contributed by atoms with van der Waals surface area (Å²) in [5.74, 6) is 0.0793. The van der Waals surface area contributed by atoms with E-state index in [1.165, 1.54) is 7.11 Å². The van der Waals surface area contributed by atoms with Crippen LogP contribution in [0.4, 0.5) is 4.79 Å². The van der Waals surface area contributed by atoms with E-state index in [1.807, 2.05) is 34.6 Å². The van der Waals surface area contributed by atoms with E-state index in [1.54, 1.807) is 6.07 Å². The molecule has 30 heavy (non-hydrogen) atoms. The molecule has 3 rings (SSSR count). The number of benzene rings is 1. The van der Waals surface area contributed by atoms with Crippen LogP contribution in [0.3, 0.4) is 0 Å². The molecule has 0 bridgehead atoms. The Morgan fingerprint density at radius 1 is 1.17 bits per heavy atom. The van der Waals surface area contributed by atoms with E-state index >= 15 is 0 Å². The highest BCUT2D eigenvalue weighted by atomic mass is 79.9. The fourth-order valence-electron chi connectivity index (χ4n) is 4.07. The van der Waals surface area contributed by atoms with Gasteiger partial charge >= 0.3 is 12.1 Å². The molecule has 2 aliphatic rings. The fraction of sp³-hybridized carbons (Fsp3) is 0.636. The van der Waals surface area contributed by atoms with E-state index in [2.05, 4.69) is 21.2 Å². The monoisotopic (exact) mass is 483 g/mol. The molecule has 1 aliphatic heterocycles. The minimum atomic E-state index is -0.832. The van der Waals surface area contributed by atoms with Crippen LogP contribution in [0.15, 0.2) is 10.5 Å². The summed E-state index contributed by atoms with van der Waals surface area (Å²) >= 11 is 3.49. The molecule has 0 aromatic heterocycles. The van der Waals surface area contributed by atoms with Gasteiger partial charge in [0.1, 0.15) is 5.60 Å². The summed E-state index contributed by atoms with van der Waals surface area (Å²) in [4.78, 5) is 24.1. The van der Waals surface area contributed by atoms with Crippen LogP contribution in [-0.2, 0) is 9.47 Å². The zero-order valence-electron chi connectivity index (χ0n) is 18.4. The summed E-state index contributed by atoms with van der Waals surface area (Å²) in [5, 5.41) is 2.96. The first-order valence-electron chi connectivity index (χ1n) is 10.2. The van der Waals surface area contributed by atoms with Gasteiger partial charge in [-0.1, -0.05) is 0 Å². The molecule has 1 N–H and O–H groups in total. The number of hydrogen-bond acceptors (Lipinski definition) is 6. The van der Waals surface area contributed by atoms with Gasteiger partial charge < -0.3 is 24.3 Å². The van der Waals surface area contributed by atoms with Gasteiger partial charge in [0.2, 0.25) is 0 Å². The Balaban J connectivity index is 1.67. The number of nitrogens with one attached hydrogen (secondary N) is 1. The van der Waals surface area contributed by atoms with Gasteiger partial charge in [-0.05, 0) is 75.4 Å². The van der Waals surface area contributed by atoms with Crippen molar-refractivity contribution in [2.45, 2.75) is 77.7 Å². The molecule has 0 saturated heterocycles. The molecular weight excluding hydrogens is 454 g/mol. The molecule has 166 valence electrons. The smallest absolute Gasteiger partial charge is 0.407 e. The van der Waals surface area contributed by atoms with Crippen molar-refractivity contribution in [3.63, 3.8) is 0 Å². The van der Waals surface area contributed by atoms with Crippen molar-refractivity contribution in [3.05, 3.63) is 21.7 Å². The molecule has 1 amide bonds. The van der Waals surface area contributed by atoms with Crippen LogP contribution >= 0.6 is 15.9 Å². The molecule has 7 nitrogen and oxygen atoms in total. The van der Waals surface area contributed by atoms with Crippen LogP contribution < -0.4 is 14.8 Å². The van der Waals surface area contributed by atoms with Gasteiger partial charge in [0.15, 0.2) is 11.5 Å². The van der Waals surface area contributed by atoms with Crippen molar-refractivity contribution in [1.29, 1.82) is 0 Å². The largest absolute Gasteiger partial charge is 0.465 e. The number of alkyl carbamates (subject to hydrolysis) is 1. The number of amides is 1. The van der Waals surface area contributed by atoms with Crippen LogP contribution in [0.25, 0.3) is 0 Å². The summed E-state index contributed by atoms with van der Waals surface area (Å²) in [6.45, 7) is 9.31. The molecule has 1 fully saturated rings. The lowest BCUT2D eigenvalue weighted by molar-refractivity contribution is -0.121. The molecule has 1 aromatic carbocycles. The van der Waals surface area contributed by atoms with Crippen molar-refractivity contribution in [3.8, 4) is 11.5 Å². The SMILES string of the molecule is COC(=O)c1cc(Br)c2c(c1C)O[C@](C)([C@H]1CC[C@H](NC(=O)OC(C)(C)C)CC1)O2. The average molecular weight is 484 g/mol. The van der Waals surface area contributed by atoms with Gasteiger partial charge in [0.05, 0.1) is 17.1 Å². The summed E-state index contributed by atoms with van der Waals surface area (Å²) in [7, 11) is 1.36. The van der Waals surface area contributed by atoms with Crippen LogP contribution in [0.1, 0.15) is 69.3 Å². The first-order chi connectivity index (χ1) is 13.9. The summed E-state index contributed by atoms with van der Waals surface area (Å²) in [5.41, 5.74) is 0.630. The number of esters is 1. The first-order valence-corrected chi connectivity index (χ1v) is 11.0. The Labute approximate surface area is 185 Å². The van der Waals surface area contributed by atoms with Crippen molar-refractivity contribution in [2.24, 2.45) is 5.92 Å². The van der Waals surface area contributed by atoms with Crippen molar-refractivity contribution < 1.29 is 28.5 Å². The number of rotatable bonds is 3. The van der Waals surface area contributed by atoms with E-state index < -0.39 is 17.4 Å². The second kappa shape index (κ2) is 8.29. The number of ether oxygens (including phenoxy) is 4. The predicted octanol–water partition coefficient (Wildman–Crippen LogP) is 5.12. The Morgan fingerprint density at radius 2 is 1.77 bits per heavy atom. The lowest BCUT2D eigenvalue weighted by Crippen LogP contribution is -2.48. The van der Waals surface area contributed by atoms with Gasteiger partial charge in [0, 0.05) is 24.4 Å². The van der Waals surface area contributed by atoms with E-state index in [-0.39, 0.29) is 18.1 Å². The fourth-order valence-corrected chi connectivity index (χ4v) is 4.56. The summed E-state index contributed by atoms with van der Waals surface area (Å²) in [6.07, 6.45) is 2.93. The highest BCUT2D eigenvalue weighted by Gasteiger charge is 2.47. The van der Waals surface area contributed by atoms with E-state index in [9.17, 15) is 9.59 Å². The Kier molecular flexibility index (Phi) is 6.28. The van der Waals surface area contributed by atoms with Crippen molar-refractivity contribution >= 4 is 28.0 Å². The van der Waals surface area contributed by atoms with Gasteiger partial charge in [-0.15, -0.1) is 0 Å². The van der Waals surface area contributed by atoms with E-state index in [0.717, 1.165) is 25.7 Å². The molecule has 1 aromatic rings. The highest BCUT2D eigenvalue weighted by Crippen LogP contribution is 2.51. The number of hydrogen-bond donors (Lipinski definition) is 1. The standard InChI is InChI=1S/C22H30BrNO6/c1-12-15(19(25)27-6)11-16(23)18-17(12)28-22(5,29-18)13-7-9-14(10-8-13)24-20(26)30-21(2,3)4/h11,13-14H,7-10H2,1-6H3,(H,24,26)/t13-,14-,22-/m0/s1. The zero-order valence-corrected chi connectivity index (χ0v) is 20.0. The number of halogens is 1. The highest BCUT2D eigenvalue weighted by molar-refractivity contribution is 9.10. The quantitative estimate of drug-likeness (QED) is 0.600. The van der Waals surface area contributed by atoms with Gasteiger partial charge in [-0.25, -0.2) is 9.59 Å². The summed E-state index contributed by atoms with van der Waals surface area (Å²) < 4.78 is 23.4. The maximum atomic E-state index is 12.1. The van der Waals surface area contributed by atoms with Gasteiger partial charge in [-0.3, -0.25) is 0 Å². The Hall–Kier alpha value is -1.96. The molecule has 1 aliphatic carbocycles. The van der Waals surface area contributed by atoms with Crippen molar-refractivity contribution in [1.82, 2.24) is 5.32 Å². The van der Waals surface area contributed by atoms with E-state index in [4.69, 9.17) is 18.9 Å². The second-order valence-electron chi connectivity index (χ2n) is 9.10. The first kappa shape index (κ1) is 22.7. The number of carbonyl (C=O) groups is 2. The third-order valence-electron chi connectivity index (χ3n) is 5.64. The molecule has 0 spiro atoms. The lowest BCUT2D eigenvalue weighted by Gasteiger charge is -2.37. The topological polar surface area (TPSA) is 83.1 Å². The molecule has 1 heterocycles. The Bertz CT molecular complexity index is 841. The Morgan fingerprint density at radius 3 is 2.33 bits per heavy atom. The van der Waals surface area contributed by atoms with Crippen LogP contribution in [0, 0.1) is 12.8 Å². The maximum absolute atomic E-state index is 12.1. The van der Waals surface area contributed by atoms with E-state index in [0.29, 0.717) is 27.1 Å². The van der Waals surface area contributed by atoms with Crippen LogP contribution in [-0.4, -0.2) is 36.6 Å². The van der Waals surface area contributed by atoms with Crippen LogP contribution in [0.2, 0.25) is 0 Å². The average Bonchev–Trinajstić information content (AvgIpc) is 3.03. The predicted molar refractivity (Wildman–Crippen MR) is 115 cm³/mol. The molecule has 0 unspecified atom stereocenters. The zero-order chi connectivity index (χ0) is 22.3. The number of carbonyl (C=O) groups excluding carboxylic acids is 2. The normalized spacial score (nSPS) is 25.6. The molecule has 8 heteroatoms. The minimum absolute atomic E-state index is 0.0721. The molecule has 1 saturated carbocycles. The third-order valence-corrected chi connectivity index (χ3v) is 6.23. The molecular formula is C22H30BrNO6. The molecule has 0 radical (unpaired) electrons.